The second-order valence-electron chi connectivity index (χ2n) is 14.7. The predicted molar refractivity (Wildman–Crippen MR) is 139 cm³/mol. The number of aryl methyl sites for hydroxylation is 1. The Morgan fingerprint density at radius 1 is 0.600 bits per heavy atom. The van der Waals surface area contributed by atoms with Crippen LogP contribution in [0.3, 0.4) is 0 Å². The minimum atomic E-state index is -1.79. The van der Waals surface area contributed by atoms with Crippen LogP contribution in [0.25, 0.3) is 0 Å². The van der Waals surface area contributed by atoms with Gasteiger partial charge in [0.15, 0.2) is 0 Å². The smallest absolute Gasteiger partial charge is 0.123 e. The van der Waals surface area contributed by atoms with Crippen LogP contribution in [0.15, 0.2) is 12.1 Å². The summed E-state index contributed by atoms with van der Waals surface area (Å²) >= 11 is 0. The van der Waals surface area contributed by atoms with Crippen molar-refractivity contribution >= 4 is 8.07 Å². The summed E-state index contributed by atoms with van der Waals surface area (Å²) in [4.78, 5) is 0. The van der Waals surface area contributed by atoms with E-state index in [2.05, 4.69) is 116 Å². The van der Waals surface area contributed by atoms with Gasteiger partial charge in [-0.25, -0.2) is 0 Å². The van der Waals surface area contributed by atoms with Crippen molar-refractivity contribution < 1.29 is 5.11 Å². The van der Waals surface area contributed by atoms with Crippen LogP contribution in [-0.4, -0.2) is 13.2 Å². The Balaban J connectivity index is 3.65. The van der Waals surface area contributed by atoms with Gasteiger partial charge in [0.25, 0.3) is 0 Å². The van der Waals surface area contributed by atoms with Crippen molar-refractivity contribution in [2.75, 3.05) is 0 Å². The monoisotopic (exact) mass is 432 g/mol. The van der Waals surface area contributed by atoms with Crippen molar-refractivity contribution in [2.45, 2.75) is 142 Å². The van der Waals surface area contributed by atoms with Crippen LogP contribution in [0, 0.1) is 0 Å². The maximum absolute atomic E-state index is 11.1. The molecule has 0 amide bonds. The van der Waals surface area contributed by atoms with Gasteiger partial charge >= 0.3 is 0 Å². The first-order valence-corrected chi connectivity index (χ1v) is 14.0. The summed E-state index contributed by atoms with van der Waals surface area (Å²) in [6, 6.07) is 5.84. The average Bonchev–Trinajstić information content (AvgIpc) is 2.42. The fraction of sp³-hybridized carbons (Fsp3) is 0.786. The molecule has 0 saturated carbocycles. The van der Waals surface area contributed by atoms with E-state index < -0.39 is 8.07 Å². The molecule has 1 rings (SSSR count). The number of hydrogen-bond donors (Lipinski definition) is 1. The van der Waals surface area contributed by atoms with Gasteiger partial charge in [0.05, 0.1) is 8.07 Å². The molecule has 174 valence electrons. The summed E-state index contributed by atoms with van der Waals surface area (Å²) in [6.07, 6.45) is 1.09. The molecule has 0 aliphatic carbocycles. The highest BCUT2D eigenvalue weighted by Gasteiger charge is 2.58. The maximum Gasteiger partial charge on any atom is 0.123 e. The summed E-state index contributed by atoms with van der Waals surface area (Å²) in [5.41, 5.74) is 3.40. The lowest BCUT2D eigenvalue weighted by atomic mass is 9.78. The zero-order chi connectivity index (χ0) is 24.1. The van der Waals surface area contributed by atoms with Crippen molar-refractivity contribution in [1.82, 2.24) is 0 Å². The fourth-order valence-electron chi connectivity index (χ4n) is 6.81. The highest BCUT2D eigenvalue weighted by molar-refractivity contribution is 6.87. The van der Waals surface area contributed by atoms with Gasteiger partial charge in [-0.3, -0.25) is 0 Å². The zero-order valence-corrected chi connectivity index (χ0v) is 24.0. The van der Waals surface area contributed by atoms with Crippen LogP contribution >= 0.6 is 0 Å². The average molecular weight is 433 g/mol. The molecule has 0 aliphatic heterocycles. The van der Waals surface area contributed by atoms with Crippen LogP contribution in [0.1, 0.15) is 121 Å². The lowest BCUT2D eigenvalue weighted by Crippen LogP contribution is -2.58. The molecule has 1 N–H and O–H groups in total. The second-order valence-corrected chi connectivity index (χ2v) is 21.5. The molecule has 30 heavy (non-hydrogen) atoms. The molecule has 1 aromatic carbocycles. The Morgan fingerprint density at radius 3 is 1.13 bits per heavy atom. The number of aromatic hydroxyl groups is 1. The molecule has 1 aromatic rings. The first kappa shape index (κ1) is 27.3. The van der Waals surface area contributed by atoms with E-state index in [0.717, 1.165) is 17.5 Å². The van der Waals surface area contributed by atoms with Gasteiger partial charge in [0.2, 0.25) is 0 Å². The van der Waals surface area contributed by atoms with E-state index in [1.54, 1.807) is 0 Å². The summed E-state index contributed by atoms with van der Waals surface area (Å²) in [7, 11) is -1.79. The van der Waals surface area contributed by atoms with E-state index in [1.807, 2.05) is 0 Å². The second kappa shape index (κ2) is 7.98. The molecule has 2 heteroatoms. The quantitative estimate of drug-likeness (QED) is 0.471. The number of phenolic OH excluding ortho intramolecular Hbond substituents is 1. The number of benzene rings is 1. The van der Waals surface area contributed by atoms with Crippen LogP contribution in [0.2, 0.25) is 21.2 Å². The van der Waals surface area contributed by atoms with E-state index in [1.165, 1.54) is 11.6 Å². The van der Waals surface area contributed by atoms with Crippen LogP contribution < -0.4 is 0 Å². The molecular weight excluding hydrogens is 380 g/mol. The molecular formula is C28H52OSi. The summed E-state index contributed by atoms with van der Waals surface area (Å²) in [5, 5.41) is 12.0. The Hall–Kier alpha value is -0.763. The molecule has 0 radical (unpaired) electrons. The van der Waals surface area contributed by atoms with Gasteiger partial charge in [-0.05, 0) is 49.1 Å². The van der Waals surface area contributed by atoms with Crippen molar-refractivity contribution in [1.29, 1.82) is 0 Å². The van der Waals surface area contributed by atoms with Gasteiger partial charge in [-0.2, -0.15) is 0 Å². The van der Waals surface area contributed by atoms with E-state index in [-0.39, 0.29) is 10.8 Å². The van der Waals surface area contributed by atoms with Crippen molar-refractivity contribution in [3.05, 3.63) is 28.8 Å². The third kappa shape index (κ3) is 5.17. The first-order chi connectivity index (χ1) is 13.0. The van der Waals surface area contributed by atoms with Crippen molar-refractivity contribution in [3.63, 3.8) is 0 Å². The van der Waals surface area contributed by atoms with Crippen molar-refractivity contribution in [2.24, 2.45) is 0 Å². The summed E-state index contributed by atoms with van der Waals surface area (Å²) in [5.74, 6) is 0.490. The molecule has 0 spiro atoms. The molecule has 0 heterocycles. The Morgan fingerprint density at radius 2 is 0.900 bits per heavy atom. The van der Waals surface area contributed by atoms with Gasteiger partial charge in [-0.1, -0.05) is 122 Å². The maximum atomic E-state index is 11.1. The molecule has 0 fully saturated rings. The molecule has 0 saturated heterocycles. The Kier molecular flexibility index (Phi) is 7.25. The normalized spacial score (nSPS) is 14.9. The van der Waals surface area contributed by atoms with E-state index in [9.17, 15) is 5.11 Å². The number of hydrogen-bond acceptors (Lipinski definition) is 1. The standard InChI is InChI=1S/C28H52OSi/c1-24(2,3)21-18-20(19-22(23(21)29)25(4,5)6)16-17-30(26(7,8)9,27(10,11)12)28(13,14)15/h18-19,29H,16-17H2,1-15H3. The lowest BCUT2D eigenvalue weighted by Gasteiger charge is -2.60. The molecule has 0 unspecified atom stereocenters. The van der Waals surface area contributed by atoms with Crippen LogP contribution in [0.5, 0.6) is 5.75 Å². The van der Waals surface area contributed by atoms with Gasteiger partial charge < -0.3 is 5.11 Å². The predicted octanol–water partition coefficient (Wildman–Crippen LogP) is 9.38. The molecule has 0 aromatic heterocycles. The SMILES string of the molecule is CC(C)(C)c1cc(CC[Si](C(C)(C)C)(C(C)(C)C)C(C)(C)C)cc(C(C)(C)C)c1O. The van der Waals surface area contributed by atoms with E-state index in [0.29, 0.717) is 20.9 Å². The van der Waals surface area contributed by atoms with Gasteiger partial charge in [0, 0.05) is 0 Å². The Bertz CT molecular complexity index is 666. The Labute approximate surface area is 190 Å². The molecule has 1 nitrogen and oxygen atoms in total. The number of rotatable bonds is 3. The molecule has 0 bridgehead atoms. The highest BCUT2D eigenvalue weighted by Crippen LogP contribution is 2.64. The van der Waals surface area contributed by atoms with Crippen LogP contribution in [-0.2, 0) is 17.3 Å². The van der Waals surface area contributed by atoms with E-state index >= 15 is 0 Å². The van der Waals surface area contributed by atoms with Gasteiger partial charge in [0.1, 0.15) is 5.75 Å². The minimum absolute atomic E-state index is 0.0767. The summed E-state index contributed by atoms with van der Waals surface area (Å²) in [6.45, 7) is 35.5. The third-order valence-electron chi connectivity index (χ3n) is 7.42. The zero-order valence-electron chi connectivity index (χ0n) is 23.0. The van der Waals surface area contributed by atoms with Crippen LogP contribution in [0.4, 0.5) is 0 Å². The summed E-state index contributed by atoms with van der Waals surface area (Å²) < 4.78 is 0. The fourth-order valence-corrected chi connectivity index (χ4v) is 16.5. The first-order valence-electron chi connectivity index (χ1n) is 11.8. The molecule has 0 atom stereocenters. The van der Waals surface area contributed by atoms with Crippen molar-refractivity contribution in [3.8, 4) is 5.75 Å². The third-order valence-corrected chi connectivity index (χ3v) is 16.1. The topological polar surface area (TPSA) is 20.2 Å². The largest absolute Gasteiger partial charge is 0.507 e. The minimum Gasteiger partial charge on any atom is -0.507 e. The van der Waals surface area contributed by atoms with Gasteiger partial charge in [-0.15, -0.1) is 0 Å². The number of phenols is 1. The lowest BCUT2D eigenvalue weighted by molar-refractivity contribution is 0.422. The molecule has 0 aliphatic rings. The highest BCUT2D eigenvalue weighted by atomic mass is 28.3. The van der Waals surface area contributed by atoms with E-state index in [4.69, 9.17) is 0 Å².